The van der Waals surface area contributed by atoms with E-state index in [0.29, 0.717) is 21.7 Å². The molecule has 0 bridgehead atoms. The second-order valence-corrected chi connectivity index (χ2v) is 5.82. The molecule has 0 spiro atoms. The summed E-state index contributed by atoms with van der Waals surface area (Å²) >= 11 is 11.8. The number of nitrogens with one attached hydrogen (secondary N) is 1. The van der Waals surface area contributed by atoms with Crippen molar-refractivity contribution in [3.8, 4) is 5.75 Å². The Morgan fingerprint density at radius 1 is 1.40 bits per heavy atom. The fourth-order valence-electron chi connectivity index (χ4n) is 2.36. The van der Waals surface area contributed by atoms with Crippen LogP contribution in [0.1, 0.15) is 6.42 Å². The van der Waals surface area contributed by atoms with Crippen molar-refractivity contribution in [1.82, 2.24) is 10.2 Å². The van der Waals surface area contributed by atoms with Gasteiger partial charge in [0.15, 0.2) is 6.61 Å². The van der Waals surface area contributed by atoms with Crippen LogP contribution in [0.25, 0.3) is 0 Å². The Morgan fingerprint density at radius 3 is 2.75 bits per heavy atom. The summed E-state index contributed by atoms with van der Waals surface area (Å²) in [5, 5.41) is 4.13. The Kier molecular flexibility index (Phi) is 5.52. The zero-order chi connectivity index (χ0) is 14.5. The molecule has 1 aliphatic rings. The normalized spacial score (nSPS) is 18.4. The Morgan fingerprint density at radius 2 is 2.10 bits per heavy atom. The zero-order valence-electron chi connectivity index (χ0n) is 11.4. The minimum absolute atomic E-state index is 0.000277. The second kappa shape index (κ2) is 7.16. The highest BCUT2D eigenvalue weighted by atomic mass is 35.5. The number of hydrogen-bond acceptors (Lipinski definition) is 3. The van der Waals surface area contributed by atoms with Gasteiger partial charge < -0.3 is 15.0 Å². The van der Waals surface area contributed by atoms with Gasteiger partial charge in [0, 0.05) is 23.1 Å². The van der Waals surface area contributed by atoms with Gasteiger partial charge >= 0.3 is 0 Å². The molecule has 0 saturated carbocycles. The molecule has 110 valence electrons. The number of ether oxygens (including phenoxy) is 1. The molecule has 0 radical (unpaired) electrons. The summed E-state index contributed by atoms with van der Waals surface area (Å²) < 4.78 is 5.46. The molecule has 1 aromatic rings. The van der Waals surface area contributed by atoms with Crippen molar-refractivity contribution in [3.05, 3.63) is 28.2 Å². The van der Waals surface area contributed by atoms with Crippen molar-refractivity contribution >= 4 is 29.1 Å². The summed E-state index contributed by atoms with van der Waals surface area (Å²) in [5.41, 5.74) is 0. The van der Waals surface area contributed by atoms with Gasteiger partial charge in [-0.3, -0.25) is 4.79 Å². The van der Waals surface area contributed by atoms with Crippen molar-refractivity contribution in [2.75, 3.05) is 33.3 Å². The molecule has 20 heavy (non-hydrogen) atoms. The van der Waals surface area contributed by atoms with E-state index in [1.54, 1.807) is 18.2 Å². The van der Waals surface area contributed by atoms with E-state index in [2.05, 4.69) is 5.32 Å². The molecule has 1 unspecified atom stereocenters. The number of rotatable bonds is 5. The Balaban J connectivity index is 1.83. The van der Waals surface area contributed by atoms with Crippen LogP contribution in [0.2, 0.25) is 10.0 Å². The molecular weight excluding hydrogens is 299 g/mol. The van der Waals surface area contributed by atoms with Gasteiger partial charge in [-0.15, -0.1) is 0 Å². The fraction of sp³-hybridized carbons (Fsp3) is 0.500. The largest absolute Gasteiger partial charge is 0.484 e. The van der Waals surface area contributed by atoms with E-state index in [-0.39, 0.29) is 12.5 Å². The van der Waals surface area contributed by atoms with Crippen molar-refractivity contribution in [2.45, 2.75) is 6.42 Å². The van der Waals surface area contributed by atoms with Crippen molar-refractivity contribution in [3.63, 3.8) is 0 Å². The van der Waals surface area contributed by atoms with Crippen LogP contribution in [0, 0.1) is 5.92 Å². The average molecular weight is 317 g/mol. The van der Waals surface area contributed by atoms with Crippen LogP contribution in [-0.4, -0.2) is 44.1 Å². The van der Waals surface area contributed by atoms with Crippen LogP contribution in [0.15, 0.2) is 18.2 Å². The van der Waals surface area contributed by atoms with Crippen LogP contribution in [0.5, 0.6) is 5.75 Å². The Labute approximate surface area is 129 Å². The lowest BCUT2D eigenvalue weighted by Gasteiger charge is -2.17. The molecule has 0 aliphatic carbocycles. The van der Waals surface area contributed by atoms with Gasteiger partial charge in [0.2, 0.25) is 0 Å². The van der Waals surface area contributed by atoms with E-state index in [1.807, 2.05) is 11.9 Å². The molecule has 6 heteroatoms. The third kappa shape index (κ3) is 4.27. The van der Waals surface area contributed by atoms with Gasteiger partial charge in [0.25, 0.3) is 5.91 Å². The number of carbonyl (C=O) groups excluding carboxylic acids is 1. The van der Waals surface area contributed by atoms with E-state index in [1.165, 1.54) is 0 Å². The molecule has 1 amide bonds. The summed E-state index contributed by atoms with van der Waals surface area (Å²) in [4.78, 5) is 13.9. The molecule has 2 rings (SSSR count). The highest BCUT2D eigenvalue weighted by Crippen LogP contribution is 2.24. The first-order valence-corrected chi connectivity index (χ1v) is 7.35. The molecule has 1 aromatic carbocycles. The van der Waals surface area contributed by atoms with E-state index in [4.69, 9.17) is 27.9 Å². The molecule has 4 nitrogen and oxygen atoms in total. The predicted molar refractivity (Wildman–Crippen MR) is 80.6 cm³/mol. The second-order valence-electron chi connectivity index (χ2n) is 4.95. The number of likely N-dealkylation sites (tertiary alicyclic amines) is 1. The minimum Gasteiger partial charge on any atom is -0.484 e. The smallest absolute Gasteiger partial charge is 0.260 e. The number of amides is 1. The summed E-state index contributed by atoms with van der Waals surface area (Å²) in [5.74, 6) is 1.05. The molecule has 1 atom stereocenters. The lowest BCUT2D eigenvalue weighted by atomic mass is 10.1. The van der Waals surface area contributed by atoms with Gasteiger partial charge in [-0.05, 0) is 44.1 Å². The zero-order valence-corrected chi connectivity index (χ0v) is 12.9. The number of hydrogen-bond donors (Lipinski definition) is 1. The van der Waals surface area contributed by atoms with E-state index >= 15 is 0 Å². The molecule has 1 saturated heterocycles. The third-order valence-electron chi connectivity index (χ3n) is 3.33. The first-order chi connectivity index (χ1) is 9.58. The summed E-state index contributed by atoms with van der Waals surface area (Å²) in [6.45, 7) is 2.54. The maximum absolute atomic E-state index is 12.1. The van der Waals surface area contributed by atoms with Crippen molar-refractivity contribution in [1.29, 1.82) is 0 Å². The highest BCUT2D eigenvalue weighted by molar-refractivity contribution is 6.34. The number of halogens is 2. The summed E-state index contributed by atoms with van der Waals surface area (Å²) in [7, 11) is 1.93. The highest BCUT2D eigenvalue weighted by Gasteiger charge is 2.25. The molecule has 1 aliphatic heterocycles. The summed E-state index contributed by atoms with van der Waals surface area (Å²) in [6.07, 6.45) is 1.04. The van der Waals surface area contributed by atoms with Gasteiger partial charge in [-0.2, -0.15) is 0 Å². The predicted octanol–water partition coefficient (Wildman–Crippen LogP) is 2.44. The van der Waals surface area contributed by atoms with Crippen LogP contribution >= 0.6 is 23.2 Å². The Bertz CT molecular complexity index is 462. The Hall–Kier alpha value is -0.970. The van der Waals surface area contributed by atoms with Gasteiger partial charge in [-0.1, -0.05) is 23.2 Å². The van der Waals surface area contributed by atoms with Crippen LogP contribution < -0.4 is 10.1 Å². The van der Waals surface area contributed by atoms with E-state index in [9.17, 15) is 4.79 Å². The molecular formula is C14H18Cl2N2O2. The topological polar surface area (TPSA) is 41.6 Å². The van der Waals surface area contributed by atoms with E-state index in [0.717, 1.165) is 26.1 Å². The lowest BCUT2D eigenvalue weighted by molar-refractivity contribution is -0.132. The SMILES string of the molecule is CNCC1CCN(C(=O)COc2cc(Cl)cc(Cl)c2)C1. The monoisotopic (exact) mass is 316 g/mol. The fourth-order valence-corrected chi connectivity index (χ4v) is 2.87. The van der Waals surface area contributed by atoms with Crippen LogP contribution in [0.4, 0.5) is 0 Å². The first-order valence-electron chi connectivity index (χ1n) is 6.59. The standard InChI is InChI=1S/C14H18Cl2N2O2/c1-17-7-10-2-3-18(8-10)14(19)9-20-13-5-11(15)4-12(16)6-13/h4-6,10,17H,2-3,7-9H2,1H3. The lowest BCUT2D eigenvalue weighted by Crippen LogP contribution is -2.34. The van der Waals surface area contributed by atoms with E-state index < -0.39 is 0 Å². The number of nitrogens with zero attached hydrogens (tertiary/aromatic N) is 1. The minimum atomic E-state index is -0.000277. The van der Waals surface area contributed by atoms with Gasteiger partial charge in [0.05, 0.1) is 0 Å². The number of carbonyl (C=O) groups is 1. The van der Waals surface area contributed by atoms with Gasteiger partial charge in [-0.25, -0.2) is 0 Å². The maximum atomic E-state index is 12.1. The van der Waals surface area contributed by atoms with Crippen molar-refractivity contribution in [2.24, 2.45) is 5.92 Å². The third-order valence-corrected chi connectivity index (χ3v) is 3.77. The number of benzene rings is 1. The van der Waals surface area contributed by atoms with Crippen LogP contribution in [0.3, 0.4) is 0 Å². The summed E-state index contributed by atoms with van der Waals surface area (Å²) in [6, 6.07) is 4.92. The van der Waals surface area contributed by atoms with Crippen LogP contribution in [-0.2, 0) is 4.79 Å². The quantitative estimate of drug-likeness (QED) is 0.907. The van der Waals surface area contributed by atoms with Crippen molar-refractivity contribution < 1.29 is 9.53 Å². The molecule has 1 fully saturated rings. The molecule has 1 N–H and O–H groups in total. The molecule has 1 heterocycles. The van der Waals surface area contributed by atoms with Gasteiger partial charge in [0.1, 0.15) is 5.75 Å². The molecule has 0 aromatic heterocycles. The maximum Gasteiger partial charge on any atom is 0.260 e. The average Bonchev–Trinajstić information content (AvgIpc) is 2.84. The first kappa shape index (κ1) is 15.4.